The average molecular weight is 377 g/mol. The van der Waals surface area contributed by atoms with Crippen molar-refractivity contribution in [3.05, 3.63) is 0 Å². The first-order valence-electron chi connectivity index (χ1n) is 9.15. The smallest absolute Gasteiger partial charge is 0.223 e. The second-order valence-corrected chi connectivity index (χ2v) is 20.6. The van der Waals surface area contributed by atoms with E-state index in [1.807, 2.05) is 13.8 Å². The summed E-state index contributed by atoms with van der Waals surface area (Å²) in [4.78, 5) is 0. The third-order valence-electron chi connectivity index (χ3n) is 6.97. The number of hydrogen-bond donors (Lipinski definition) is 1. The Kier molecular flexibility index (Phi) is 5.96. The van der Waals surface area contributed by atoms with Crippen LogP contribution in [0.25, 0.3) is 0 Å². The molecule has 1 aliphatic heterocycles. The minimum atomic E-state index is -2.06. The van der Waals surface area contributed by atoms with Gasteiger partial charge in [0.25, 0.3) is 0 Å². The highest BCUT2D eigenvalue weighted by atomic mass is 28.4. The maximum absolute atomic E-state index is 10.5. The van der Waals surface area contributed by atoms with Gasteiger partial charge < -0.3 is 14.0 Å². The van der Waals surface area contributed by atoms with Crippen molar-refractivity contribution in [3.8, 4) is 0 Å². The Labute approximate surface area is 148 Å². The number of hydrogen-bond acceptors (Lipinski definition) is 3. The van der Waals surface area contributed by atoms with Gasteiger partial charge in [0.2, 0.25) is 8.32 Å². The van der Waals surface area contributed by atoms with E-state index in [-0.39, 0.29) is 15.9 Å². The van der Waals surface area contributed by atoms with Crippen molar-refractivity contribution in [3.63, 3.8) is 0 Å². The van der Waals surface area contributed by atoms with E-state index in [4.69, 9.17) is 8.85 Å². The Morgan fingerprint density at radius 3 is 1.87 bits per heavy atom. The van der Waals surface area contributed by atoms with Gasteiger partial charge in [-0.1, -0.05) is 33.9 Å². The monoisotopic (exact) mass is 376 g/mol. The van der Waals surface area contributed by atoms with E-state index in [1.54, 1.807) is 0 Å². The van der Waals surface area contributed by atoms with Gasteiger partial charge in [0.05, 0.1) is 19.6 Å². The van der Waals surface area contributed by atoms with Gasteiger partial charge in [0.15, 0.2) is 9.04 Å². The maximum Gasteiger partial charge on any atom is 0.223 e. The first-order chi connectivity index (χ1) is 10.0. The largest absolute Gasteiger partial charge is 0.418 e. The van der Waals surface area contributed by atoms with Crippen LogP contribution >= 0.6 is 0 Å². The molecular formula is C17H40O3Si3. The van der Waals surface area contributed by atoms with Crippen molar-refractivity contribution in [2.45, 2.75) is 108 Å². The van der Waals surface area contributed by atoms with Crippen LogP contribution in [0, 0.1) is 0 Å². The Hall–Kier alpha value is 0.531. The molecule has 1 fully saturated rings. The molecule has 0 aromatic heterocycles. The molecule has 6 heteroatoms. The van der Waals surface area contributed by atoms with Crippen LogP contribution in [0.2, 0.25) is 37.3 Å². The molecule has 3 atom stereocenters. The number of rotatable bonds is 7. The Morgan fingerprint density at radius 2 is 1.57 bits per heavy atom. The van der Waals surface area contributed by atoms with Crippen molar-refractivity contribution in [2.75, 3.05) is 0 Å². The van der Waals surface area contributed by atoms with Crippen LogP contribution in [0.4, 0.5) is 0 Å². The van der Waals surface area contributed by atoms with Crippen molar-refractivity contribution in [2.24, 2.45) is 0 Å². The molecule has 0 saturated carbocycles. The summed E-state index contributed by atoms with van der Waals surface area (Å²) in [7, 11) is -4.40. The third kappa shape index (κ3) is 3.72. The molecule has 0 aromatic rings. The zero-order valence-electron chi connectivity index (χ0n) is 17.3. The van der Waals surface area contributed by atoms with E-state index in [1.165, 1.54) is 0 Å². The Bertz CT molecular complexity index is 421. The lowest BCUT2D eigenvalue weighted by molar-refractivity contribution is -0.0561. The fraction of sp³-hybridized carbons (Fsp3) is 1.00. The molecule has 23 heavy (non-hydrogen) atoms. The second kappa shape index (κ2) is 6.36. The minimum absolute atomic E-state index is 0.0402. The van der Waals surface area contributed by atoms with Crippen LogP contribution in [0.15, 0.2) is 0 Å². The third-order valence-corrected chi connectivity index (χ3v) is 18.4. The van der Waals surface area contributed by atoms with Gasteiger partial charge in [0.1, 0.15) is 0 Å². The highest BCUT2D eigenvalue weighted by Crippen LogP contribution is 2.60. The molecule has 1 rings (SSSR count). The zero-order valence-corrected chi connectivity index (χ0v) is 20.6. The molecule has 1 aliphatic rings. The van der Waals surface area contributed by atoms with Crippen LogP contribution < -0.4 is 0 Å². The van der Waals surface area contributed by atoms with Crippen molar-refractivity contribution in [1.29, 1.82) is 0 Å². The van der Waals surface area contributed by atoms with Gasteiger partial charge in [-0.3, -0.25) is 0 Å². The molecule has 0 aliphatic carbocycles. The summed E-state index contributed by atoms with van der Waals surface area (Å²) in [5.74, 6) is 0. The van der Waals surface area contributed by atoms with E-state index in [2.05, 4.69) is 60.8 Å². The molecule has 138 valence electrons. The Morgan fingerprint density at radius 1 is 1.13 bits per heavy atom. The van der Waals surface area contributed by atoms with Gasteiger partial charge in [0, 0.05) is 10.3 Å². The predicted molar refractivity (Wildman–Crippen MR) is 108 cm³/mol. The van der Waals surface area contributed by atoms with Crippen molar-refractivity contribution in [1.82, 2.24) is 0 Å². The number of aliphatic hydroxyl groups is 1. The van der Waals surface area contributed by atoms with Gasteiger partial charge >= 0.3 is 0 Å². The van der Waals surface area contributed by atoms with E-state index in [0.717, 1.165) is 12.5 Å². The van der Waals surface area contributed by atoms with E-state index < -0.39 is 31.4 Å². The van der Waals surface area contributed by atoms with Crippen molar-refractivity contribution < 1.29 is 14.0 Å². The molecule has 1 saturated heterocycles. The summed E-state index contributed by atoms with van der Waals surface area (Å²) in [6.07, 6.45) is 0.999. The fourth-order valence-corrected chi connectivity index (χ4v) is 11.5. The first-order valence-corrected chi connectivity index (χ1v) is 16.9. The summed E-state index contributed by atoms with van der Waals surface area (Å²) >= 11 is 0. The molecule has 0 spiro atoms. The molecule has 3 unspecified atom stereocenters. The molecule has 3 nitrogen and oxygen atoms in total. The van der Waals surface area contributed by atoms with E-state index >= 15 is 0 Å². The van der Waals surface area contributed by atoms with Gasteiger partial charge in [-0.25, -0.2) is 0 Å². The standard InChI is InChI=1S/C17H40O3Si3/c1-12-17(13-23(11,20-17)15(4,5)18)14(2,3)22(10)19-16(6,7)21(8)9/h18,21-22H,12-13H2,1-11H3. The molecule has 1 N–H and O–H groups in total. The summed E-state index contributed by atoms with van der Waals surface area (Å²) in [6.45, 7) is 24.5. The summed E-state index contributed by atoms with van der Waals surface area (Å²) < 4.78 is 13.3. The van der Waals surface area contributed by atoms with Crippen LogP contribution in [0.5, 0.6) is 0 Å². The minimum Gasteiger partial charge on any atom is -0.418 e. The molecule has 0 radical (unpaired) electrons. The van der Waals surface area contributed by atoms with Gasteiger partial charge in [-0.2, -0.15) is 0 Å². The normalized spacial score (nSPS) is 31.2. The van der Waals surface area contributed by atoms with Crippen LogP contribution in [-0.4, -0.2) is 47.3 Å². The lowest BCUT2D eigenvalue weighted by atomic mass is 9.88. The SMILES string of the molecule is CCC1(C(C)(C)[SiH](C)OC(C)(C)[SiH](C)C)C[Si](C)(C(C)(C)O)O1. The first kappa shape index (κ1) is 21.6. The van der Waals surface area contributed by atoms with Gasteiger partial charge in [-0.05, 0) is 53.3 Å². The lowest BCUT2D eigenvalue weighted by Crippen LogP contribution is -2.74. The molecular weight excluding hydrogens is 336 g/mol. The molecule has 0 aromatic carbocycles. The van der Waals surface area contributed by atoms with Crippen LogP contribution in [0.1, 0.15) is 54.9 Å². The summed E-state index contributed by atoms with van der Waals surface area (Å²) in [5.41, 5.74) is -0.117. The van der Waals surface area contributed by atoms with Gasteiger partial charge in [-0.15, -0.1) is 0 Å². The van der Waals surface area contributed by atoms with Crippen LogP contribution in [0.3, 0.4) is 0 Å². The van der Waals surface area contributed by atoms with E-state index in [0.29, 0.717) is 0 Å². The maximum atomic E-state index is 10.5. The van der Waals surface area contributed by atoms with E-state index in [9.17, 15) is 5.11 Å². The summed E-state index contributed by atoms with van der Waals surface area (Å²) in [5, 5.41) is 9.92. The van der Waals surface area contributed by atoms with Crippen molar-refractivity contribution >= 4 is 26.2 Å². The lowest BCUT2D eigenvalue weighted by Gasteiger charge is -2.65. The fourth-order valence-electron chi connectivity index (χ4n) is 3.43. The highest BCUT2D eigenvalue weighted by molar-refractivity contribution is 6.78. The second-order valence-electron chi connectivity index (χ2n) is 9.66. The summed E-state index contributed by atoms with van der Waals surface area (Å²) in [6, 6.07) is 1.03. The average Bonchev–Trinajstić information content (AvgIpc) is 2.32. The molecule has 0 bridgehead atoms. The Balaban J connectivity index is 2.98. The molecule has 0 amide bonds. The molecule has 1 heterocycles. The quantitative estimate of drug-likeness (QED) is 0.682. The zero-order chi connectivity index (χ0) is 18.5. The topological polar surface area (TPSA) is 38.7 Å². The van der Waals surface area contributed by atoms with Crippen LogP contribution in [-0.2, 0) is 8.85 Å². The predicted octanol–water partition coefficient (Wildman–Crippen LogP) is 4.01. The highest BCUT2D eigenvalue weighted by Gasteiger charge is 2.67.